The maximum absolute atomic E-state index is 10.8. The van der Waals surface area contributed by atoms with Gasteiger partial charge in [-0.1, -0.05) is 42.5 Å². The summed E-state index contributed by atoms with van der Waals surface area (Å²) in [6.45, 7) is 2.23. The number of aldehydes is 1. The molecule has 0 aliphatic rings. The number of aliphatic hydroxyl groups is 1. The van der Waals surface area contributed by atoms with E-state index in [4.69, 9.17) is 14.6 Å². The number of hydrogen-bond acceptors (Lipinski definition) is 7. The van der Waals surface area contributed by atoms with Crippen LogP contribution < -0.4 is 10.1 Å². The van der Waals surface area contributed by atoms with E-state index in [0.29, 0.717) is 36.2 Å². The number of ether oxygens (including phenoxy) is 1. The maximum Gasteiger partial charge on any atom is 0.300 e. The lowest BCUT2D eigenvalue weighted by molar-refractivity contribution is -0.134. The van der Waals surface area contributed by atoms with Crippen molar-refractivity contribution >= 4 is 18.2 Å². The van der Waals surface area contributed by atoms with Gasteiger partial charge in [0.25, 0.3) is 5.97 Å². The molecule has 1 unspecified atom stereocenters. The van der Waals surface area contributed by atoms with Crippen LogP contribution in [-0.4, -0.2) is 50.4 Å². The summed E-state index contributed by atoms with van der Waals surface area (Å²) in [6.07, 6.45) is 0.681. The van der Waals surface area contributed by atoms with Crippen molar-refractivity contribution in [1.29, 1.82) is 0 Å². The highest BCUT2D eigenvalue weighted by Gasteiger charge is 2.17. The molecule has 0 amide bonds. The number of benzene rings is 2. The largest absolute Gasteiger partial charge is 0.494 e. The fourth-order valence-electron chi connectivity index (χ4n) is 2.60. The zero-order chi connectivity index (χ0) is 22.6. The molecule has 0 saturated heterocycles. The van der Waals surface area contributed by atoms with Crippen LogP contribution in [0.4, 0.5) is 5.95 Å². The minimum Gasteiger partial charge on any atom is -0.494 e. The average Bonchev–Trinajstić information content (AvgIpc) is 3.14. The van der Waals surface area contributed by atoms with Crippen molar-refractivity contribution < 1.29 is 24.5 Å². The molecular weight excluding hydrogens is 400 g/mol. The normalized spacial score (nSPS) is 11.1. The van der Waals surface area contributed by atoms with Crippen LogP contribution in [0.15, 0.2) is 54.6 Å². The zero-order valence-corrected chi connectivity index (χ0v) is 17.4. The standard InChI is InChI=1S/C20H22N4O3.C2H4O2/c1-24-20(22-19(23-24)18(26)16-8-3-2-4-9-16)21-11-6-12-27-17-10-5-7-15(13-17)14-25;1-2(3)4/h2-5,7-10,13-14,18,26H,6,11-12H2,1H3,(H,21,22,23);1H3,(H,3,4). The number of aliphatic carboxylic acids is 1. The molecule has 3 N–H and O–H groups in total. The number of rotatable bonds is 9. The Morgan fingerprint density at radius 3 is 2.61 bits per heavy atom. The second kappa shape index (κ2) is 12.1. The molecule has 0 aliphatic heterocycles. The number of carbonyl (C=O) groups excluding carboxylic acids is 1. The number of aliphatic hydroxyl groups excluding tert-OH is 1. The first-order valence-corrected chi connectivity index (χ1v) is 9.66. The van der Waals surface area contributed by atoms with E-state index in [9.17, 15) is 9.90 Å². The summed E-state index contributed by atoms with van der Waals surface area (Å²) in [6, 6.07) is 16.4. The zero-order valence-electron chi connectivity index (χ0n) is 17.4. The molecule has 31 heavy (non-hydrogen) atoms. The summed E-state index contributed by atoms with van der Waals surface area (Å²) in [7, 11) is 1.78. The van der Waals surface area contributed by atoms with E-state index in [1.807, 2.05) is 36.4 Å². The second-order valence-corrected chi connectivity index (χ2v) is 6.57. The number of aryl methyl sites for hydroxylation is 1. The summed E-state index contributed by atoms with van der Waals surface area (Å²) in [5.41, 5.74) is 1.34. The Balaban J connectivity index is 0.000000785. The smallest absolute Gasteiger partial charge is 0.300 e. The highest BCUT2D eigenvalue weighted by atomic mass is 16.5. The van der Waals surface area contributed by atoms with Gasteiger partial charge in [0, 0.05) is 26.1 Å². The van der Waals surface area contributed by atoms with Gasteiger partial charge in [-0.3, -0.25) is 9.59 Å². The molecule has 0 saturated carbocycles. The fourth-order valence-corrected chi connectivity index (χ4v) is 2.60. The molecule has 0 bridgehead atoms. The van der Waals surface area contributed by atoms with Crippen LogP contribution in [0.2, 0.25) is 0 Å². The first kappa shape index (κ1) is 23.6. The molecule has 3 aromatic rings. The van der Waals surface area contributed by atoms with Gasteiger partial charge in [-0.15, -0.1) is 0 Å². The van der Waals surface area contributed by atoms with E-state index in [1.165, 1.54) is 0 Å². The number of carboxylic acid groups (broad SMARTS) is 1. The number of hydrogen-bond donors (Lipinski definition) is 3. The lowest BCUT2D eigenvalue weighted by Gasteiger charge is -2.07. The Labute approximate surface area is 180 Å². The third kappa shape index (κ3) is 7.90. The van der Waals surface area contributed by atoms with Crippen LogP contribution in [-0.2, 0) is 11.8 Å². The quantitative estimate of drug-likeness (QED) is 0.352. The van der Waals surface area contributed by atoms with Gasteiger partial charge < -0.3 is 20.3 Å². The van der Waals surface area contributed by atoms with Crippen molar-refractivity contribution in [2.75, 3.05) is 18.5 Å². The van der Waals surface area contributed by atoms with Gasteiger partial charge in [0.1, 0.15) is 18.1 Å². The van der Waals surface area contributed by atoms with Crippen LogP contribution in [0.3, 0.4) is 0 Å². The molecule has 1 atom stereocenters. The molecule has 0 spiro atoms. The first-order valence-electron chi connectivity index (χ1n) is 9.66. The predicted octanol–water partition coefficient (Wildman–Crippen LogP) is 2.68. The highest BCUT2D eigenvalue weighted by molar-refractivity contribution is 5.75. The SMILES string of the molecule is CC(=O)O.Cn1nc(C(O)c2ccccc2)nc1NCCCOc1cccc(C=O)c1. The van der Waals surface area contributed by atoms with Crippen LogP contribution in [0, 0.1) is 0 Å². The topological polar surface area (TPSA) is 127 Å². The summed E-state index contributed by atoms with van der Waals surface area (Å²) in [4.78, 5) is 24.1. The molecule has 2 aromatic carbocycles. The van der Waals surface area contributed by atoms with Gasteiger partial charge in [-0.05, 0) is 24.1 Å². The minimum absolute atomic E-state index is 0.355. The molecule has 1 heterocycles. The van der Waals surface area contributed by atoms with Gasteiger partial charge in [-0.25, -0.2) is 4.68 Å². The molecule has 0 aliphatic carbocycles. The summed E-state index contributed by atoms with van der Waals surface area (Å²) < 4.78 is 7.24. The molecule has 3 rings (SSSR count). The van der Waals surface area contributed by atoms with Crippen molar-refractivity contribution in [3.8, 4) is 5.75 Å². The van der Waals surface area contributed by atoms with Crippen LogP contribution in [0.25, 0.3) is 0 Å². The third-order valence-corrected chi connectivity index (χ3v) is 4.01. The Morgan fingerprint density at radius 1 is 1.23 bits per heavy atom. The number of carbonyl (C=O) groups is 2. The Bertz CT molecular complexity index is 971. The Hall–Kier alpha value is -3.72. The minimum atomic E-state index is -0.860. The van der Waals surface area contributed by atoms with Gasteiger partial charge in [-0.2, -0.15) is 10.1 Å². The van der Waals surface area contributed by atoms with Gasteiger partial charge >= 0.3 is 0 Å². The lowest BCUT2D eigenvalue weighted by atomic mass is 10.1. The predicted molar refractivity (Wildman–Crippen MR) is 115 cm³/mol. The van der Waals surface area contributed by atoms with E-state index in [-0.39, 0.29) is 0 Å². The number of carboxylic acids is 1. The lowest BCUT2D eigenvalue weighted by Crippen LogP contribution is -2.10. The van der Waals surface area contributed by atoms with Crippen molar-refractivity contribution in [2.45, 2.75) is 19.4 Å². The number of anilines is 1. The summed E-state index contributed by atoms with van der Waals surface area (Å²) in [5, 5.41) is 25.3. The van der Waals surface area contributed by atoms with E-state index in [1.54, 1.807) is 29.9 Å². The van der Waals surface area contributed by atoms with E-state index in [0.717, 1.165) is 25.2 Å². The molecule has 9 nitrogen and oxygen atoms in total. The molecule has 0 fully saturated rings. The van der Waals surface area contributed by atoms with Gasteiger partial charge in [0.05, 0.1) is 6.61 Å². The highest BCUT2D eigenvalue weighted by Crippen LogP contribution is 2.20. The number of aromatic nitrogens is 3. The monoisotopic (exact) mass is 426 g/mol. The van der Waals surface area contributed by atoms with Crippen LogP contribution >= 0.6 is 0 Å². The van der Waals surface area contributed by atoms with Gasteiger partial charge in [0.2, 0.25) is 5.95 Å². The molecular formula is C22H26N4O5. The van der Waals surface area contributed by atoms with E-state index >= 15 is 0 Å². The van der Waals surface area contributed by atoms with E-state index < -0.39 is 12.1 Å². The number of nitrogens with zero attached hydrogens (tertiary/aromatic N) is 3. The first-order chi connectivity index (χ1) is 14.9. The fraction of sp³-hybridized carbons (Fsp3) is 0.273. The van der Waals surface area contributed by atoms with Gasteiger partial charge in [0.15, 0.2) is 5.82 Å². The molecule has 9 heteroatoms. The second-order valence-electron chi connectivity index (χ2n) is 6.57. The summed E-state index contributed by atoms with van der Waals surface area (Å²) in [5.74, 6) is 0.780. The van der Waals surface area contributed by atoms with E-state index in [2.05, 4.69) is 15.4 Å². The molecule has 0 radical (unpaired) electrons. The Morgan fingerprint density at radius 2 is 1.94 bits per heavy atom. The Kier molecular flexibility index (Phi) is 9.18. The maximum atomic E-state index is 10.8. The van der Waals surface area contributed by atoms with Crippen molar-refractivity contribution in [3.63, 3.8) is 0 Å². The van der Waals surface area contributed by atoms with Crippen molar-refractivity contribution in [3.05, 3.63) is 71.5 Å². The number of nitrogens with one attached hydrogen (secondary N) is 1. The van der Waals surface area contributed by atoms with Crippen molar-refractivity contribution in [2.24, 2.45) is 7.05 Å². The van der Waals surface area contributed by atoms with Crippen LogP contribution in [0.1, 0.15) is 41.2 Å². The average molecular weight is 426 g/mol. The summed E-state index contributed by atoms with van der Waals surface area (Å²) >= 11 is 0. The van der Waals surface area contributed by atoms with Crippen LogP contribution in [0.5, 0.6) is 5.75 Å². The molecule has 164 valence electrons. The third-order valence-electron chi connectivity index (χ3n) is 4.01. The van der Waals surface area contributed by atoms with Crippen molar-refractivity contribution in [1.82, 2.24) is 14.8 Å². The molecule has 1 aromatic heterocycles.